The lowest BCUT2D eigenvalue weighted by Gasteiger charge is -2.31. The Balaban J connectivity index is 1.91. The fourth-order valence-corrected chi connectivity index (χ4v) is 2.62. The molecule has 0 N–H and O–H groups in total. The zero-order chi connectivity index (χ0) is 12.3. The van der Waals surface area contributed by atoms with Crippen LogP contribution >= 0.6 is 23.2 Å². The van der Waals surface area contributed by atoms with Gasteiger partial charge in [-0.25, -0.2) is 4.39 Å². The number of hydrogen-bond donors (Lipinski definition) is 0. The van der Waals surface area contributed by atoms with Gasteiger partial charge >= 0.3 is 0 Å². The highest BCUT2D eigenvalue weighted by Gasteiger charge is 2.18. The third-order valence-corrected chi connectivity index (χ3v) is 4.06. The Hall–Kier alpha value is -0.310. The van der Waals surface area contributed by atoms with Crippen LogP contribution in [0.25, 0.3) is 0 Å². The Morgan fingerprint density at radius 3 is 2.59 bits per heavy atom. The van der Waals surface area contributed by atoms with E-state index < -0.39 is 0 Å². The Morgan fingerprint density at radius 2 is 2.00 bits per heavy atom. The summed E-state index contributed by atoms with van der Waals surface area (Å²) in [5.74, 6) is 1.07. The molecule has 0 aromatic heterocycles. The molecule has 1 nitrogen and oxygen atoms in total. The molecule has 1 saturated heterocycles. The van der Waals surface area contributed by atoms with Gasteiger partial charge in [0.25, 0.3) is 0 Å². The van der Waals surface area contributed by atoms with Crippen molar-refractivity contribution in [1.29, 1.82) is 0 Å². The van der Waals surface area contributed by atoms with Gasteiger partial charge in [-0.1, -0.05) is 17.7 Å². The topological polar surface area (TPSA) is 3.24 Å². The van der Waals surface area contributed by atoms with Gasteiger partial charge < -0.3 is 0 Å². The van der Waals surface area contributed by atoms with Crippen LogP contribution in [-0.2, 0) is 6.54 Å². The monoisotopic (exact) mass is 275 g/mol. The van der Waals surface area contributed by atoms with E-state index in [0.717, 1.165) is 43.9 Å². The van der Waals surface area contributed by atoms with Gasteiger partial charge in [0.2, 0.25) is 0 Å². The van der Waals surface area contributed by atoms with E-state index in [1.165, 1.54) is 6.07 Å². The minimum atomic E-state index is -0.334. The minimum absolute atomic E-state index is 0.189. The summed E-state index contributed by atoms with van der Waals surface area (Å²) in [6, 6.07) is 5.03. The third kappa shape index (κ3) is 3.57. The quantitative estimate of drug-likeness (QED) is 0.756. The smallest absolute Gasteiger partial charge is 0.142 e. The molecule has 1 aliphatic rings. The SMILES string of the molecule is Fc1cc(CN2CCC(CCl)CC2)ccc1Cl. The van der Waals surface area contributed by atoms with E-state index in [4.69, 9.17) is 23.2 Å². The van der Waals surface area contributed by atoms with Crippen LogP contribution in [0, 0.1) is 11.7 Å². The van der Waals surface area contributed by atoms with Gasteiger partial charge in [0.05, 0.1) is 5.02 Å². The van der Waals surface area contributed by atoms with Gasteiger partial charge in [-0.15, -0.1) is 11.6 Å². The Kier molecular flexibility index (Phi) is 4.66. The lowest BCUT2D eigenvalue weighted by atomic mass is 9.98. The second kappa shape index (κ2) is 6.03. The first kappa shape index (κ1) is 13.1. The number of likely N-dealkylation sites (tertiary alicyclic amines) is 1. The molecule has 1 aromatic rings. The van der Waals surface area contributed by atoms with Crippen LogP contribution in [0.2, 0.25) is 5.02 Å². The largest absolute Gasteiger partial charge is 0.299 e. The summed E-state index contributed by atoms with van der Waals surface area (Å²) in [5.41, 5.74) is 0.983. The summed E-state index contributed by atoms with van der Waals surface area (Å²) in [7, 11) is 0. The molecule has 0 amide bonds. The maximum atomic E-state index is 13.3. The molecule has 0 atom stereocenters. The second-order valence-electron chi connectivity index (χ2n) is 4.62. The number of hydrogen-bond acceptors (Lipinski definition) is 1. The Morgan fingerprint density at radius 1 is 1.29 bits per heavy atom. The molecule has 94 valence electrons. The Bertz CT molecular complexity index is 376. The number of alkyl halides is 1. The van der Waals surface area contributed by atoms with Crippen LogP contribution in [-0.4, -0.2) is 23.9 Å². The first-order chi connectivity index (χ1) is 8.19. The van der Waals surface area contributed by atoms with Crippen molar-refractivity contribution < 1.29 is 4.39 Å². The third-order valence-electron chi connectivity index (χ3n) is 3.32. The van der Waals surface area contributed by atoms with Crippen LogP contribution in [0.5, 0.6) is 0 Å². The molecule has 2 rings (SSSR count). The lowest BCUT2D eigenvalue weighted by molar-refractivity contribution is 0.186. The fourth-order valence-electron chi connectivity index (χ4n) is 2.20. The van der Waals surface area contributed by atoms with Gasteiger partial charge in [0.1, 0.15) is 5.82 Å². The van der Waals surface area contributed by atoms with Gasteiger partial charge in [-0.2, -0.15) is 0 Å². The van der Waals surface area contributed by atoms with Crippen molar-refractivity contribution in [2.24, 2.45) is 5.92 Å². The molecule has 4 heteroatoms. The maximum Gasteiger partial charge on any atom is 0.142 e. The van der Waals surface area contributed by atoms with E-state index >= 15 is 0 Å². The van der Waals surface area contributed by atoms with Crippen molar-refractivity contribution in [3.63, 3.8) is 0 Å². The zero-order valence-corrected chi connectivity index (χ0v) is 11.1. The van der Waals surface area contributed by atoms with Crippen LogP contribution in [0.15, 0.2) is 18.2 Å². The first-order valence-corrected chi connectivity index (χ1v) is 6.82. The number of benzene rings is 1. The van der Waals surface area contributed by atoms with E-state index in [0.29, 0.717) is 5.92 Å². The van der Waals surface area contributed by atoms with Crippen molar-refractivity contribution in [3.8, 4) is 0 Å². The molecule has 1 aliphatic heterocycles. The molecule has 0 spiro atoms. The molecule has 0 unspecified atom stereocenters. The highest BCUT2D eigenvalue weighted by molar-refractivity contribution is 6.30. The number of nitrogens with zero attached hydrogens (tertiary/aromatic N) is 1. The standard InChI is InChI=1S/C13H16Cl2FN/c14-8-10-3-5-17(6-4-10)9-11-1-2-12(15)13(16)7-11/h1-2,7,10H,3-6,8-9H2. The highest BCUT2D eigenvalue weighted by atomic mass is 35.5. The number of piperidine rings is 1. The van der Waals surface area contributed by atoms with E-state index in [1.807, 2.05) is 6.07 Å². The second-order valence-corrected chi connectivity index (χ2v) is 5.34. The predicted molar refractivity (Wildman–Crippen MR) is 70.1 cm³/mol. The summed E-state index contributed by atoms with van der Waals surface area (Å²) in [6.45, 7) is 2.88. The van der Waals surface area contributed by atoms with Crippen molar-refractivity contribution in [2.75, 3.05) is 19.0 Å². The zero-order valence-electron chi connectivity index (χ0n) is 9.63. The van der Waals surface area contributed by atoms with Gasteiger partial charge in [-0.3, -0.25) is 4.90 Å². The van der Waals surface area contributed by atoms with Crippen molar-refractivity contribution in [3.05, 3.63) is 34.6 Å². The van der Waals surface area contributed by atoms with E-state index in [-0.39, 0.29) is 10.8 Å². The van der Waals surface area contributed by atoms with Crippen LogP contribution in [0.1, 0.15) is 18.4 Å². The van der Waals surface area contributed by atoms with Crippen LogP contribution in [0.4, 0.5) is 4.39 Å². The summed E-state index contributed by atoms with van der Waals surface area (Å²) in [4.78, 5) is 2.34. The molecular weight excluding hydrogens is 260 g/mol. The van der Waals surface area contributed by atoms with E-state index in [9.17, 15) is 4.39 Å². The summed E-state index contributed by atoms with van der Waals surface area (Å²) < 4.78 is 13.3. The molecule has 17 heavy (non-hydrogen) atoms. The average Bonchev–Trinajstić information content (AvgIpc) is 2.35. The molecule has 0 saturated carbocycles. The molecule has 0 aliphatic carbocycles. The van der Waals surface area contributed by atoms with E-state index in [1.54, 1.807) is 6.07 Å². The first-order valence-electron chi connectivity index (χ1n) is 5.91. The summed E-state index contributed by atoms with van der Waals surface area (Å²) >= 11 is 11.5. The minimum Gasteiger partial charge on any atom is -0.299 e. The fraction of sp³-hybridized carbons (Fsp3) is 0.538. The van der Waals surface area contributed by atoms with Crippen molar-refractivity contribution >= 4 is 23.2 Å². The Labute approximate surface area is 112 Å². The molecule has 0 radical (unpaired) electrons. The molecule has 1 aromatic carbocycles. The van der Waals surface area contributed by atoms with Crippen LogP contribution in [0.3, 0.4) is 0 Å². The van der Waals surface area contributed by atoms with Gasteiger partial charge in [0.15, 0.2) is 0 Å². The number of halogens is 3. The highest BCUT2D eigenvalue weighted by Crippen LogP contribution is 2.21. The average molecular weight is 276 g/mol. The van der Waals surface area contributed by atoms with Gasteiger partial charge in [0, 0.05) is 12.4 Å². The predicted octanol–water partition coefficient (Wildman–Crippen LogP) is 3.93. The molecule has 1 heterocycles. The van der Waals surface area contributed by atoms with Crippen LogP contribution < -0.4 is 0 Å². The lowest BCUT2D eigenvalue weighted by Crippen LogP contribution is -2.33. The van der Waals surface area contributed by atoms with Crippen molar-refractivity contribution in [1.82, 2.24) is 4.90 Å². The van der Waals surface area contributed by atoms with Crippen molar-refractivity contribution in [2.45, 2.75) is 19.4 Å². The normalized spacial score (nSPS) is 18.5. The van der Waals surface area contributed by atoms with E-state index in [2.05, 4.69) is 4.90 Å². The molecular formula is C13H16Cl2FN. The summed E-state index contributed by atoms with van der Waals surface area (Å²) in [6.07, 6.45) is 2.28. The summed E-state index contributed by atoms with van der Waals surface area (Å²) in [5, 5.41) is 0.189. The maximum absolute atomic E-state index is 13.3. The molecule has 1 fully saturated rings. The molecule has 0 bridgehead atoms. The van der Waals surface area contributed by atoms with Gasteiger partial charge in [-0.05, 0) is 49.5 Å². The number of rotatable bonds is 3.